The predicted molar refractivity (Wildman–Crippen MR) is 84.4 cm³/mol. The molecule has 1 aromatic rings. The molecule has 1 heterocycles. The van der Waals surface area contributed by atoms with Gasteiger partial charge in [0.2, 0.25) is 0 Å². The first kappa shape index (κ1) is 15.3. The van der Waals surface area contributed by atoms with Crippen molar-refractivity contribution in [2.24, 2.45) is 5.92 Å². The molecule has 0 radical (unpaired) electrons. The summed E-state index contributed by atoms with van der Waals surface area (Å²) in [6.45, 7) is 0.477. The Balaban J connectivity index is 1.69. The molecular weight excluding hydrogens is 284 g/mol. The summed E-state index contributed by atoms with van der Waals surface area (Å²) in [5.74, 6) is 0.609. The molecule has 1 saturated heterocycles. The van der Waals surface area contributed by atoms with Gasteiger partial charge in [-0.25, -0.2) is 0 Å². The highest BCUT2D eigenvalue weighted by Crippen LogP contribution is 2.67. The molecule has 1 aromatic carbocycles. The van der Waals surface area contributed by atoms with Gasteiger partial charge in [0, 0.05) is 24.0 Å². The lowest BCUT2D eigenvalue weighted by Gasteiger charge is -2.23. The third-order valence-corrected chi connectivity index (χ3v) is 6.28. The van der Waals surface area contributed by atoms with Crippen LogP contribution in [-0.2, 0) is 4.74 Å². The number of benzene rings is 1. The standard InChI is InChI=1S/C17H24O3S/c18-10-4-8-15-14-12-17(14,16(20-15)9-5-11-19)21-13-6-2-1-3-7-13/h1-3,6-7,14-16,18-19H,4-5,8-12H2/t14-,15+,16-,17+/m1/s1. The van der Waals surface area contributed by atoms with E-state index in [1.807, 2.05) is 17.8 Å². The van der Waals surface area contributed by atoms with Crippen LogP contribution >= 0.6 is 11.8 Å². The molecular formula is C17H24O3S. The van der Waals surface area contributed by atoms with Crippen molar-refractivity contribution in [1.29, 1.82) is 0 Å². The van der Waals surface area contributed by atoms with Crippen molar-refractivity contribution in [3.8, 4) is 0 Å². The normalized spacial score (nSPS) is 33.9. The van der Waals surface area contributed by atoms with E-state index in [0.717, 1.165) is 25.7 Å². The van der Waals surface area contributed by atoms with Gasteiger partial charge in [-0.05, 0) is 44.2 Å². The first-order valence-corrected chi connectivity index (χ1v) is 8.73. The molecule has 0 bridgehead atoms. The Labute approximate surface area is 130 Å². The summed E-state index contributed by atoms with van der Waals surface area (Å²) in [5, 5.41) is 18.2. The fraction of sp³-hybridized carbons (Fsp3) is 0.647. The molecule has 2 fully saturated rings. The summed E-state index contributed by atoms with van der Waals surface area (Å²) in [6, 6.07) is 10.5. The van der Waals surface area contributed by atoms with E-state index in [0.29, 0.717) is 5.92 Å². The molecule has 0 spiro atoms. The van der Waals surface area contributed by atoms with E-state index in [9.17, 15) is 0 Å². The maximum absolute atomic E-state index is 9.11. The number of aliphatic hydroxyl groups is 2. The van der Waals surface area contributed by atoms with Crippen LogP contribution in [0, 0.1) is 5.92 Å². The van der Waals surface area contributed by atoms with Gasteiger partial charge in [-0.3, -0.25) is 0 Å². The summed E-state index contributed by atoms with van der Waals surface area (Å²) in [6.07, 6.45) is 5.25. The third-order valence-electron chi connectivity index (χ3n) is 4.66. The molecule has 0 unspecified atom stereocenters. The zero-order valence-corrected chi connectivity index (χ0v) is 13.1. The highest BCUT2D eigenvalue weighted by atomic mass is 32.2. The molecule has 4 heteroatoms. The third kappa shape index (κ3) is 3.14. The highest BCUT2D eigenvalue weighted by Gasteiger charge is 2.68. The smallest absolute Gasteiger partial charge is 0.0733 e. The molecule has 0 aromatic heterocycles. The molecule has 0 amide bonds. The topological polar surface area (TPSA) is 49.7 Å². The van der Waals surface area contributed by atoms with Gasteiger partial charge in [-0.15, -0.1) is 11.8 Å². The van der Waals surface area contributed by atoms with Crippen LogP contribution < -0.4 is 0 Å². The first-order valence-electron chi connectivity index (χ1n) is 7.91. The molecule has 116 valence electrons. The molecule has 1 aliphatic heterocycles. The second-order valence-electron chi connectivity index (χ2n) is 6.08. The SMILES string of the molecule is OCCC[C@@H]1O[C@H](CCCO)[C@]2(Sc3ccccc3)C[C@H]12. The molecule has 1 aliphatic carbocycles. The number of hydrogen-bond donors (Lipinski definition) is 2. The summed E-state index contributed by atoms with van der Waals surface area (Å²) < 4.78 is 6.47. The van der Waals surface area contributed by atoms with E-state index in [-0.39, 0.29) is 30.2 Å². The molecule has 3 nitrogen and oxygen atoms in total. The fourth-order valence-electron chi connectivity index (χ4n) is 3.56. The fourth-order valence-corrected chi connectivity index (χ4v) is 5.17. The number of fused-ring (bicyclic) bond motifs is 1. The largest absolute Gasteiger partial charge is 0.396 e. The Morgan fingerprint density at radius 2 is 1.81 bits per heavy atom. The van der Waals surface area contributed by atoms with Crippen LogP contribution in [0.4, 0.5) is 0 Å². The number of aliphatic hydroxyl groups excluding tert-OH is 2. The first-order chi connectivity index (χ1) is 10.3. The number of hydrogen-bond acceptors (Lipinski definition) is 4. The Kier molecular flexibility index (Phi) is 4.89. The van der Waals surface area contributed by atoms with E-state index in [1.54, 1.807) is 0 Å². The van der Waals surface area contributed by atoms with Crippen LogP contribution in [0.3, 0.4) is 0 Å². The van der Waals surface area contributed by atoms with Crippen molar-refractivity contribution in [3.05, 3.63) is 30.3 Å². The second-order valence-corrected chi connectivity index (χ2v) is 7.51. The average Bonchev–Trinajstić information content (AvgIpc) is 3.16. The Bertz CT molecular complexity index is 453. The lowest BCUT2D eigenvalue weighted by Crippen LogP contribution is -2.25. The zero-order chi connectivity index (χ0) is 14.7. The second kappa shape index (κ2) is 6.69. The van der Waals surface area contributed by atoms with Gasteiger partial charge in [0.15, 0.2) is 0 Å². The molecule has 4 atom stereocenters. The van der Waals surface area contributed by atoms with Crippen molar-refractivity contribution in [2.75, 3.05) is 13.2 Å². The van der Waals surface area contributed by atoms with Crippen LogP contribution in [0.15, 0.2) is 35.2 Å². The van der Waals surface area contributed by atoms with E-state index in [2.05, 4.69) is 24.3 Å². The minimum absolute atomic E-state index is 0.205. The lowest BCUT2D eigenvalue weighted by molar-refractivity contribution is 0.00360. The van der Waals surface area contributed by atoms with Gasteiger partial charge in [0.1, 0.15) is 0 Å². The maximum atomic E-state index is 9.11. The maximum Gasteiger partial charge on any atom is 0.0733 e. The van der Waals surface area contributed by atoms with Crippen LogP contribution in [0.5, 0.6) is 0 Å². The number of thioether (sulfide) groups is 1. The van der Waals surface area contributed by atoms with Gasteiger partial charge in [-0.1, -0.05) is 18.2 Å². The molecule has 3 rings (SSSR count). The Hall–Kier alpha value is -0.550. The van der Waals surface area contributed by atoms with Gasteiger partial charge in [0.25, 0.3) is 0 Å². The van der Waals surface area contributed by atoms with Gasteiger partial charge >= 0.3 is 0 Å². The van der Waals surface area contributed by atoms with Crippen molar-refractivity contribution in [1.82, 2.24) is 0 Å². The van der Waals surface area contributed by atoms with Crippen molar-refractivity contribution < 1.29 is 14.9 Å². The number of ether oxygens (including phenoxy) is 1. The van der Waals surface area contributed by atoms with Crippen LogP contribution in [0.25, 0.3) is 0 Å². The zero-order valence-electron chi connectivity index (χ0n) is 12.3. The van der Waals surface area contributed by atoms with E-state index < -0.39 is 0 Å². The lowest BCUT2D eigenvalue weighted by atomic mass is 10.1. The molecule has 1 saturated carbocycles. The van der Waals surface area contributed by atoms with Gasteiger partial charge in [-0.2, -0.15) is 0 Å². The van der Waals surface area contributed by atoms with E-state index >= 15 is 0 Å². The number of rotatable bonds is 8. The quantitative estimate of drug-likeness (QED) is 0.775. The van der Waals surface area contributed by atoms with Crippen molar-refractivity contribution in [2.45, 2.75) is 54.0 Å². The summed E-state index contributed by atoms with van der Waals surface area (Å²) in [4.78, 5) is 1.31. The van der Waals surface area contributed by atoms with Crippen LogP contribution in [0.1, 0.15) is 32.1 Å². The molecule has 2 N–H and O–H groups in total. The van der Waals surface area contributed by atoms with Gasteiger partial charge < -0.3 is 14.9 Å². The Morgan fingerprint density at radius 3 is 2.52 bits per heavy atom. The minimum Gasteiger partial charge on any atom is -0.396 e. The van der Waals surface area contributed by atoms with Crippen molar-refractivity contribution >= 4 is 11.8 Å². The monoisotopic (exact) mass is 308 g/mol. The predicted octanol–water partition coefficient (Wildman–Crippen LogP) is 2.85. The average molecular weight is 308 g/mol. The van der Waals surface area contributed by atoms with E-state index in [4.69, 9.17) is 14.9 Å². The minimum atomic E-state index is 0.205. The summed E-state index contributed by atoms with van der Waals surface area (Å²) in [5.41, 5.74) is 0. The molecule has 2 aliphatic rings. The highest BCUT2D eigenvalue weighted by molar-refractivity contribution is 8.01. The summed E-state index contributed by atoms with van der Waals surface area (Å²) in [7, 11) is 0. The summed E-state index contributed by atoms with van der Waals surface area (Å²) >= 11 is 1.95. The molecule has 21 heavy (non-hydrogen) atoms. The van der Waals surface area contributed by atoms with Crippen LogP contribution in [-0.4, -0.2) is 40.4 Å². The van der Waals surface area contributed by atoms with E-state index in [1.165, 1.54) is 11.3 Å². The van der Waals surface area contributed by atoms with Crippen molar-refractivity contribution in [3.63, 3.8) is 0 Å². The van der Waals surface area contributed by atoms with Crippen LogP contribution in [0.2, 0.25) is 0 Å². The van der Waals surface area contributed by atoms with Gasteiger partial charge in [0.05, 0.1) is 17.0 Å². The Morgan fingerprint density at radius 1 is 1.10 bits per heavy atom.